The fourth-order valence-electron chi connectivity index (χ4n) is 8.99. The van der Waals surface area contributed by atoms with Crippen molar-refractivity contribution in [2.45, 2.75) is 36.6 Å². The lowest BCUT2D eigenvalue weighted by Gasteiger charge is -2.24. The summed E-state index contributed by atoms with van der Waals surface area (Å²) in [5, 5.41) is 0. The average molecular weight is 854 g/mol. The van der Waals surface area contributed by atoms with E-state index < -0.39 is 59.2 Å². The third-order valence-corrected chi connectivity index (χ3v) is 11.9. The van der Waals surface area contributed by atoms with Crippen molar-refractivity contribution in [2.75, 3.05) is 13.3 Å². The number of hydrogen-bond donors (Lipinski definition) is 0. The number of amides is 8. The summed E-state index contributed by atoms with van der Waals surface area (Å²) in [5.41, 5.74) is 0. The Labute approximate surface area is 351 Å². The van der Waals surface area contributed by atoms with Gasteiger partial charge in [-0.15, -0.1) is 0 Å². The van der Waals surface area contributed by atoms with Crippen LogP contribution < -0.4 is 0 Å². The van der Waals surface area contributed by atoms with Crippen LogP contribution in [0.1, 0.15) is 1.43 Å². The Hall–Kier alpha value is -7.16. The Balaban J connectivity index is 0.000000122. The summed E-state index contributed by atoms with van der Waals surface area (Å²) in [7, 11) is 0. The molecule has 0 aromatic carbocycles. The van der Waals surface area contributed by atoms with Gasteiger partial charge in [0.25, 0.3) is 23.6 Å². The fraction of sp³-hybridized carbons (Fsp3) is 0.333. The molecular weight excluding hydrogens is 816 g/mol. The Kier molecular flexibility index (Phi) is 10.4. The van der Waals surface area contributed by atoms with Gasteiger partial charge in [0.2, 0.25) is 23.6 Å². The molecule has 20 nitrogen and oxygen atoms in total. The summed E-state index contributed by atoms with van der Waals surface area (Å²) in [6.07, 6.45) is 19.8. The van der Waals surface area contributed by atoms with Crippen LogP contribution in [0, 0.1) is 35.5 Å². The maximum Gasteiger partial charge on any atom is 0.320 e. The molecule has 320 valence electrons. The largest absolute Gasteiger partial charge is 0.473 e. The standard InChI is InChI=1S/C17H14N2O6.C9H6N2O4.C8H6O4.2C4H4O.H2/c20-14-10-6-1-2-7(24-6)11(10)15(21)18(14)5-19-16(22)12-8-3-4-9(25-8)13(12)17(19)23;12-6-1-2-7(13)10(6)5-11-8(14)3-4-9(11)15;9-7-5-3-1-2-4(11-3)6(5)8(10)12-7;2*1-2-4-5-3-1;/h1-4,6-13H,5H2;1-4H,5H2;1-6H;2*1-4H;1H/i;;;;;1+1. The fourth-order valence-corrected chi connectivity index (χ4v) is 8.99. The molecule has 0 N–H and O–H groups in total. The molecule has 12 atom stereocenters. The molecule has 0 radical (unpaired) electrons. The van der Waals surface area contributed by atoms with E-state index in [-0.39, 0.29) is 86.9 Å². The Morgan fingerprint density at radius 2 is 0.629 bits per heavy atom. The second kappa shape index (κ2) is 16.0. The lowest BCUT2D eigenvalue weighted by atomic mass is 9.85. The first kappa shape index (κ1) is 40.3. The van der Waals surface area contributed by atoms with Gasteiger partial charge in [-0.1, -0.05) is 36.5 Å². The first-order chi connectivity index (χ1) is 29.9. The highest BCUT2D eigenvalue weighted by atomic mass is 16.6. The number of imide groups is 4. The number of furan rings is 2. The molecule has 0 spiro atoms. The second-order valence-corrected chi connectivity index (χ2v) is 15.2. The molecule has 2 aromatic heterocycles. The number of likely N-dealkylation sites (tertiary alicyclic amines) is 2. The van der Waals surface area contributed by atoms with Crippen molar-refractivity contribution < 1.29 is 77.2 Å². The number of cyclic esters (lactones) is 2. The van der Waals surface area contributed by atoms with Crippen molar-refractivity contribution in [1.29, 1.82) is 0 Å². The molecule has 0 saturated carbocycles. The highest BCUT2D eigenvalue weighted by Crippen LogP contribution is 2.48. The van der Waals surface area contributed by atoms with E-state index in [4.69, 9.17) is 14.2 Å². The Morgan fingerprint density at radius 1 is 0.371 bits per heavy atom. The van der Waals surface area contributed by atoms with Gasteiger partial charge in [-0.2, -0.15) is 0 Å². The van der Waals surface area contributed by atoms with Gasteiger partial charge < -0.3 is 27.8 Å². The summed E-state index contributed by atoms with van der Waals surface area (Å²) in [6.45, 7) is -0.621. The number of hydrogen-bond acceptors (Lipinski definition) is 16. The molecule has 11 aliphatic heterocycles. The lowest BCUT2D eigenvalue weighted by Crippen LogP contribution is -2.46. The topological polar surface area (TPSA) is 247 Å². The minimum absolute atomic E-state index is 0. The van der Waals surface area contributed by atoms with Gasteiger partial charge in [-0.25, -0.2) is 0 Å². The van der Waals surface area contributed by atoms with Crippen LogP contribution in [0.25, 0.3) is 0 Å². The maximum atomic E-state index is 12.7. The van der Waals surface area contributed by atoms with Crippen molar-refractivity contribution in [3.8, 4) is 0 Å². The smallest absolute Gasteiger partial charge is 0.320 e. The molecular formula is C42H36N4O16. The number of fused-ring (bicyclic) bond motifs is 15. The minimum Gasteiger partial charge on any atom is -0.473 e. The zero-order chi connectivity index (χ0) is 43.4. The van der Waals surface area contributed by atoms with Gasteiger partial charge in [-0.05, 0) is 24.3 Å². The Bertz CT molecular complexity index is 2120. The van der Waals surface area contributed by atoms with Crippen molar-refractivity contribution in [3.63, 3.8) is 0 Å². The van der Waals surface area contributed by atoms with E-state index in [9.17, 15) is 47.9 Å². The van der Waals surface area contributed by atoms with Gasteiger partial charge in [0.05, 0.1) is 85.3 Å². The molecule has 6 fully saturated rings. The van der Waals surface area contributed by atoms with Crippen molar-refractivity contribution in [2.24, 2.45) is 35.5 Å². The summed E-state index contributed by atoms with van der Waals surface area (Å²) in [4.78, 5) is 121. The number of esters is 2. The van der Waals surface area contributed by atoms with Crippen LogP contribution in [-0.4, -0.2) is 129 Å². The van der Waals surface area contributed by atoms with Crippen LogP contribution in [0.5, 0.6) is 0 Å². The van der Waals surface area contributed by atoms with Crippen LogP contribution >= 0.6 is 0 Å². The quantitative estimate of drug-likeness (QED) is 0.171. The average Bonchev–Trinajstić information content (AvgIpc) is 4.10. The molecule has 13 heterocycles. The van der Waals surface area contributed by atoms with E-state index in [0.29, 0.717) is 0 Å². The molecule has 13 rings (SSSR count). The number of ether oxygens (including phenoxy) is 4. The third kappa shape index (κ3) is 6.86. The normalized spacial score (nSPS) is 35.0. The Morgan fingerprint density at radius 3 is 0.887 bits per heavy atom. The summed E-state index contributed by atoms with van der Waals surface area (Å²) in [5.74, 6) is -7.24. The molecule has 6 saturated heterocycles. The van der Waals surface area contributed by atoms with Crippen LogP contribution in [0.4, 0.5) is 0 Å². The van der Waals surface area contributed by atoms with E-state index in [0.717, 1.165) is 43.9 Å². The number of carbonyl (C=O) groups is 10. The highest BCUT2D eigenvalue weighted by molar-refractivity contribution is 6.16. The number of nitrogens with zero attached hydrogens (tertiary/aromatic N) is 4. The molecule has 8 amide bonds. The van der Waals surface area contributed by atoms with Crippen molar-refractivity contribution >= 4 is 59.2 Å². The summed E-state index contributed by atoms with van der Waals surface area (Å²) < 4.78 is 30.2. The molecule has 20 heteroatoms. The predicted molar refractivity (Wildman–Crippen MR) is 200 cm³/mol. The third-order valence-electron chi connectivity index (χ3n) is 11.9. The van der Waals surface area contributed by atoms with Crippen LogP contribution in [0.3, 0.4) is 0 Å². The molecule has 2 aromatic rings. The molecule has 0 aliphatic carbocycles. The highest BCUT2D eigenvalue weighted by Gasteiger charge is 2.64. The molecule has 62 heavy (non-hydrogen) atoms. The monoisotopic (exact) mass is 853 g/mol. The first-order valence-electron chi connectivity index (χ1n) is 19.4. The van der Waals surface area contributed by atoms with Gasteiger partial charge >= 0.3 is 11.9 Å². The summed E-state index contributed by atoms with van der Waals surface area (Å²) in [6, 6.07) is 7.33. The SMILES string of the molecule is O=C1C2C3C=CC(O3)C2C(=O)N1CN1C(=O)C2C3C=CC(O3)C2C1=O.O=C1C=CC(=O)N1CN1C(=O)C=CC1=O.O=C1OC(=O)C2C3C=CC(O3)C12.[2HH].c1ccoc1.c1ccoc1. The molecule has 6 bridgehead atoms. The van der Waals surface area contributed by atoms with Gasteiger partial charge in [0.1, 0.15) is 25.2 Å². The van der Waals surface area contributed by atoms with Gasteiger partial charge in [0.15, 0.2) is 0 Å². The maximum absolute atomic E-state index is 12.7. The van der Waals surface area contributed by atoms with E-state index in [1.807, 2.05) is 36.4 Å². The lowest BCUT2D eigenvalue weighted by molar-refractivity contribution is -0.157. The minimum atomic E-state index is -0.531. The predicted octanol–water partition coefficient (Wildman–Crippen LogP) is 0.0592. The number of carbonyl (C=O) groups excluding carboxylic acids is 10. The van der Waals surface area contributed by atoms with Crippen molar-refractivity contribution in [1.82, 2.24) is 19.6 Å². The van der Waals surface area contributed by atoms with Crippen LogP contribution in [-0.2, 0) is 66.9 Å². The second-order valence-electron chi connectivity index (χ2n) is 15.2. The van der Waals surface area contributed by atoms with E-state index >= 15 is 0 Å². The zero-order valence-corrected chi connectivity index (χ0v) is 32.1. The van der Waals surface area contributed by atoms with E-state index in [1.54, 1.807) is 49.4 Å². The van der Waals surface area contributed by atoms with Gasteiger partial charge in [-0.3, -0.25) is 67.5 Å². The van der Waals surface area contributed by atoms with E-state index in [2.05, 4.69) is 13.6 Å². The zero-order valence-electron chi connectivity index (χ0n) is 32.1. The number of rotatable bonds is 4. The van der Waals surface area contributed by atoms with Crippen LogP contribution in [0.15, 0.2) is 119 Å². The molecule has 12 unspecified atom stereocenters. The first-order valence-corrected chi connectivity index (χ1v) is 19.4. The summed E-state index contributed by atoms with van der Waals surface area (Å²) >= 11 is 0. The van der Waals surface area contributed by atoms with Crippen molar-refractivity contribution in [3.05, 3.63) is 110 Å². The van der Waals surface area contributed by atoms with Crippen LogP contribution in [0.2, 0.25) is 0 Å². The van der Waals surface area contributed by atoms with Gasteiger partial charge in [0, 0.05) is 25.7 Å². The molecule has 11 aliphatic rings. The van der Waals surface area contributed by atoms with E-state index in [1.165, 1.54) is 0 Å².